The molecule has 1 amide bonds. The molecule has 1 aliphatic rings. The van der Waals surface area contributed by atoms with Crippen LogP contribution in [0.25, 0.3) is 10.9 Å². The van der Waals surface area contributed by atoms with E-state index in [1.807, 2.05) is 13.0 Å². The first kappa shape index (κ1) is 23.4. The molecule has 1 aliphatic heterocycles. The second-order valence-corrected chi connectivity index (χ2v) is 8.24. The van der Waals surface area contributed by atoms with E-state index in [0.717, 1.165) is 15.9 Å². The maximum absolute atomic E-state index is 15.3. The van der Waals surface area contributed by atoms with Gasteiger partial charge in [0, 0.05) is 52.4 Å². The number of benzene rings is 1. The van der Waals surface area contributed by atoms with E-state index in [0.29, 0.717) is 44.0 Å². The number of hydrogen-bond acceptors (Lipinski definition) is 7. The minimum Gasteiger partial charge on any atom is -0.496 e. The number of rotatable bonds is 5. The Bertz CT molecular complexity index is 1370. The van der Waals surface area contributed by atoms with Crippen molar-refractivity contribution in [2.45, 2.75) is 13.5 Å². The van der Waals surface area contributed by atoms with Crippen LogP contribution in [0.1, 0.15) is 21.7 Å². The zero-order valence-corrected chi connectivity index (χ0v) is 19.6. The fourth-order valence-electron chi connectivity index (χ4n) is 4.27. The van der Waals surface area contributed by atoms with Crippen molar-refractivity contribution in [3.05, 3.63) is 61.8 Å². The van der Waals surface area contributed by atoms with E-state index in [2.05, 4.69) is 25.1 Å². The molecule has 1 fully saturated rings. The molecule has 0 aliphatic carbocycles. The van der Waals surface area contributed by atoms with Gasteiger partial charge in [0.1, 0.15) is 16.8 Å². The Morgan fingerprint density at radius 2 is 1.94 bits per heavy atom. The summed E-state index contributed by atoms with van der Waals surface area (Å²) in [5, 5.41) is 2.58. The Hall–Kier alpha value is -3.73. The van der Waals surface area contributed by atoms with Crippen molar-refractivity contribution in [3.8, 4) is 5.75 Å². The highest BCUT2D eigenvalue weighted by Crippen LogP contribution is 2.28. The lowest BCUT2D eigenvalue weighted by Gasteiger charge is -2.36. The van der Waals surface area contributed by atoms with Crippen LogP contribution in [0.3, 0.4) is 0 Å². The van der Waals surface area contributed by atoms with Crippen LogP contribution in [-0.4, -0.2) is 65.7 Å². The van der Waals surface area contributed by atoms with E-state index in [9.17, 15) is 14.4 Å². The molecule has 0 saturated carbocycles. The molecule has 0 bridgehead atoms. The monoisotopic (exact) mass is 470 g/mol. The molecule has 2 N–H and O–H groups in total. The number of carbonyl (C=O) groups excluding carboxylic acids is 1. The quantitative estimate of drug-likeness (QED) is 0.566. The van der Waals surface area contributed by atoms with Gasteiger partial charge in [-0.2, -0.15) is 0 Å². The summed E-state index contributed by atoms with van der Waals surface area (Å²) in [7, 11) is 4.30. The Balaban J connectivity index is 1.54. The third-order valence-corrected chi connectivity index (χ3v) is 6.20. The summed E-state index contributed by atoms with van der Waals surface area (Å²) in [6.45, 7) is 4.91. The maximum atomic E-state index is 15.3. The predicted octanol–water partition coefficient (Wildman–Crippen LogP) is 0.760. The number of ether oxygens (including phenoxy) is 1. The number of aromatic nitrogens is 3. The number of carbonyl (C=O) groups is 1. The third-order valence-electron chi connectivity index (χ3n) is 6.20. The average Bonchev–Trinajstić information content (AvgIpc) is 2.84. The van der Waals surface area contributed by atoms with Crippen molar-refractivity contribution in [3.63, 3.8) is 0 Å². The van der Waals surface area contributed by atoms with Crippen molar-refractivity contribution in [2.75, 3.05) is 45.2 Å². The van der Waals surface area contributed by atoms with Gasteiger partial charge in [0.15, 0.2) is 5.82 Å². The van der Waals surface area contributed by atoms with Gasteiger partial charge in [0.25, 0.3) is 11.5 Å². The molecule has 180 valence electrons. The van der Waals surface area contributed by atoms with Gasteiger partial charge in [0.2, 0.25) is 0 Å². The molecule has 1 saturated heterocycles. The highest BCUT2D eigenvalue weighted by molar-refractivity contribution is 5.92. The standard InChI is InChI=1S/C23H27FN6O4/c1-13-16(6-5-15(26-13)21(31)25-2)30-9-7-29(8-10-30)12-14-11-17(34-4)18-20(19(14)24)27-23(33)28(3)22(18)32/h5-6,11H,7-10,12H2,1-4H3,(H,25,31)(H,27,33). The summed E-state index contributed by atoms with van der Waals surface area (Å²) >= 11 is 0. The number of amides is 1. The van der Waals surface area contributed by atoms with E-state index in [1.165, 1.54) is 20.2 Å². The summed E-state index contributed by atoms with van der Waals surface area (Å²) in [6.07, 6.45) is 0. The molecule has 0 radical (unpaired) electrons. The fraction of sp³-hybridized carbons (Fsp3) is 0.391. The highest BCUT2D eigenvalue weighted by atomic mass is 19.1. The van der Waals surface area contributed by atoms with E-state index < -0.39 is 17.1 Å². The van der Waals surface area contributed by atoms with Crippen LogP contribution in [0.4, 0.5) is 10.1 Å². The minimum atomic E-state index is -0.685. The third kappa shape index (κ3) is 4.14. The van der Waals surface area contributed by atoms with Gasteiger partial charge >= 0.3 is 5.69 Å². The molecule has 0 spiro atoms. The van der Waals surface area contributed by atoms with Crippen LogP contribution in [0, 0.1) is 12.7 Å². The van der Waals surface area contributed by atoms with Crippen molar-refractivity contribution >= 4 is 22.5 Å². The number of aryl methyl sites for hydroxylation is 1. The van der Waals surface area contributed by atoms with Crippen LogP contribution < -0.4 is 26.2 Å². The average molecular weight is 471 g/mol. The lowest BCUT2D eigenvalue weighted by molar-refractivity contribution is 0.0958. The molecule has 3 heterocycles. The first-order chi connectivity index (χ1) is 16.2. The lowest BCUT2D eigenvalue weighted by Crippen LogP contribution is -2.46. The summed E-state index contributed by atoms with van der Waals surface area (Å²) < 4.78 is 21.5. The number of nitrogens with one attached hydrogen (secondary N) is 2. The van der Waals surface area contributed by atoms with Crippen LogP contribution in [0.5, 0.6) is 5.75 Å². The highest BCUT2D eigenvalue weighted by Gasteiger charge is 2.23. The van der Waals surface area contributed by atoms with Gasteiger partial charge in [-0.3, -0.25) is 19.1 Å². The molecule has 11 heteroatoms. The van der Waals surface area contributed by atoms with Crippen molar-refractivity contribution < 1.29 is 13.9 Å². The number of nitrogens with zero attached hydrogens (tertiary/aromatic N) is 4. The molecule has 2 aromatic heterocycles. The summed E-state index contributed by atoms with van der Waals surface area (Å²) in [4.78, 5) is 47.5. The molecule has 4 rings (SSSR count). The molecular weight excluding hydrogens is 443 g/mol. The molecular formula is C23H27FN6O4. The number of piperazine rings is 1. The minimum absolute atomic E-state index is 0.0128. The summed E-state index contributed by atoms with van der Waals surface area (Å²) in [5.74, 6) is -0.635. The maximum Gasteiger partial charge on any atom is 0.328 e. The Morgan fingerprint density at radius 3 is 2.56 bits per heavy atom. The van der Waals surface area contributed by atoms with E-state index in [1.54, 1.807) is 13.1 Å². The molecule has 1 aromatic carbocycles. The molecule has 0 unspecified atom stereocenters. The van der Waals surface area contributed by atoms with Gasteiger partial charge in [-0.1, -0.05) is 0 Å². The second kappa shape index (κ2) is 9.26. The van der Waals surface area contributed by atoms with Gasteiger partial charge in [-0.15, -0.1) is 0 Å². The molecule has 10 nitrogen and oxygen atoms in total. The predicted molar refractivity (Wildman–Crippen MR) is 126 cm³/mol. The Kier molecular flexibility index (Phi) is 6.38. The smallest absolute Gasteiger partial charge is 0.328 e. The fourth-order valence-corrected chi connectivity index (χ4v) is 4.27. The van der Waals surface area contributed by atoms with Gasteiger partial charge in [-0.25, -0.2) is 14.2 Å². The lowest BCUT2D eigenvalue weighted by atomic mass is 10.1. The zero-order valence-electron chi connectivity index (χ0n) is 19.6. The first-order valence-electron chi connectivity index (χ1n) is 10.9. The molecule has 3 aromatic rings. The number of pyridine rings is 1. The molecule has 0 atom stereocenters. The van der Waals surface area contributed by atoms with E-state index >= 15 is 4.39 Å². The number of halogens is 1. The Morgan fingerprint density at radius 1 is 1.24 bits per heavy atom. The Labute approximate surface area is 195 Å². The van der Waals surface area contributed by atoms with Crippen LogP contribution in [0.15, 0.2) is 27.8 Å². The van der Waals surface area contributed by atoms with E-state index in [4.69, 9.17) is 4.74 Å². The number of anilines is 1. The first-order valence-corrected chi connectivity index (χ1v) is 10.9. The normalized spacial score (nSPS) is 14.4. The molecule has 34 heavy (non-hydrogen) atoms. The van der Waals surface area contributed by atoms with Crippen LogP contribution in [-0.2, 0) is 13.6 Å². The largest absolute Gasteiger partial charge is 0.496 e. The van der Waals surface area contributed by atoms with Gasteiger partial charge in [-0.05, 0) is 25.1 Å². The van der Waals surface area contributed by atoms with Crippen molar-refractivity contribution in [2.24, 2.45) is 7.05 Å². The SMILES string of the molecule is CNC(=O)c1ccc(N2CCN(Cc3cc(OC)c4c(=O)n(C)c(=O)[nH]c4c3F)CC2)c(C)n1. The van der Waals surface area contributed by atoms with Gasteiger partial charge < -0.3 is 19.9 Å². The van der Waals surface area contributed by atoms with E-state index in [-0.39, 0.29) is 22.6 Å². The number of fused-ring (bicyclic) bond motifs is 1. The van der Waals surface area contributed by atoms with Crippen molar-refractivity contribution in [1.82, 2.24) is 24.8 Å². The number of aromatic amines is 1. The van der Waals surface area contributed by atoms with Crippen LogP contribution >= 0.6 is 0 Å². The summed E-state index contributed by atoms with van der Waals surface area (Å²) in [6, 6.07) is 5.12. The number of H-pyrrole nitrogens is 1. The van der Waals surface area contributed by atoms with Crippen LogP contribution in [0.2, 0.25) is 0 Å². The van der Waals surface area contributed by atoms with Crippen molar-refractivity contribution in [1.29, 1.82) is 0 Å². The van der Waals surface area contributed by atoms with Gasteiger partial charge in [0.05, 0.1) is 24.0 Å². The summed E-state index contributed by atoms with van der Waals surface area (Å²) in [5.41, 5.74) is 1.01. The topological polar surface area (TPSA) is 113 Å². The number of methoxy groups -OCH3 is 1. The second-order valence-electron chi connectivity index (χ2n) is 8.24. The number of hydrogen-bond donors (Lipinski definition) is 2. The zero-order chi connectivity index (χ0) is 24.6.